The lowest BCUT2D eigenvalue weighted by molar-refractivity contribution is -0.150. The highest BCUT2D eigenvalue weighted by atomic mass is 16.5. The van der Waals surface area contributed by atoms with Gasteiger partial charge in [0.25, 0.3) is 0 Å². The highest BCUT2D eigenvalue weighted by Crippen LogP contribution is 2.59. The highest BCUT2D eigenvalue weighted by Gasteiger charge is 2.61. The first kappa shape index (κ1) is 13.1. The fourth-order valence-electron chi connectivity index (χ4n) is 2.00. The maximum Gasteiger partial charge on any atom is 0.310 e. The van der Waals surface area contributed by atoms with E-state index >= 15 is 0 Å². The van der Waals surface area contributed by atoms with Crippen LogP contribution in [0, 0.1) is 17.3 Å². The molecule has 1 fully saturated rings. The van der Waals surface area contributed by atoms with E-state index in [1.807, 2.05) is 33.8 Å². The Kier molecular flexibility index (Phi) is 3.64. The number of esters is 1. The minimum Gasteiger partial charge on any atom is -0.463 e. The predicted octanol–water partition coefficient (Wildman–Crippen LogP) is 3.33. The Hall–Kier alpha value is -1.01. The minimum atomic E-state index is -0.0724. The molecule has 0 radical (unpaired) electrons. The standard InChI is InChI=1S/C14H22O2/c1-9(2)7-8-11-12(14(11,5)6)13(15)16-10(3)4/h8,10-12H,1-6H3. The van der Waals surface area contributed by atoms with Crippen molar-refractivity contribution in [2.45, 2.75) is 47.6 Å². The smallest absolute Gasteiger partial charge is 0.310 e. The van der Waals surface area contributed by atoms with Gasteiger partial charge in [0, 0.05) is 5.92 Å². The zero-order valence-electron chi connectivity index (χ0n) is 11.1. The van der Waals surface area contributed by atoms with E-state index in [0.29, 0.717) is 0 Å². The van der Waals surface area contributed by atoms with Gasteiger partial charge in [0.15, 0.2) is 0 Å². The predicted molar refractivity (Wildman–Crippen MR) is 64.9 cm³/mol. The number of allylic oxidation sites excluding steroid dienone is 1. The van der Waals surface area contributed by atoms with E-state index in [-0.39, 0.29) is 29.3 Å². The van der Waals surface area contributed by atoms with Crippen LogP contribution in [0.1, 0.15) is 41.5 Å². The molecule has 0 aromatic heterocycles. The van der Waals surface area contributed by atoms with Gasteiger partial charge < -0.3 is 4.74 Å². The first-order chi connectivity index (χ1) is 7.26. The Labute approximate surface area is 98.4 Å². The van der Waals surface area contributed by atoms with Crippen molar-refractivity contribution in [2.24, 2.45) is 17.3 Å². The van der Waals surface area contributed by atoms with Crippen molar-refractivity contribution in [3.63, 3.8) is 0 Å². The topological polar surface area (TPSA) is 26.3 Å². The van der Waals surface area contributed by atoms with Gasteiger partial charge in [-0.1, -0.05) is 13.8 Å². The first-order valence-corrected chi connectivity index (χ1v) is 5.87. The highest BCUT2D eigenvalue weighted by molar-refractivity contribution is 5.78. The molecular formula is C14H22O2. The second kappa shape index (κ2) is 4.47. The summed E-state index contributed by atoms with van der Waals surface area (Å²) < 4.78 is 5.25. The van der Waals surface area contributed by atoms with Crippen molar-refractivity contribution in [2.75, 3.05) is 0 Å². The summed E-state index contributed by atoms with van der Waals surface area (Å²) in [5, 5.41) is 0. The largest absolute Gasteiger partial charge is 0.463 e. The van der Waals surface area contributed by atoms with Gasteiger partial charge in [-0.2, -0.15) is 0 Å². The van der Waals surface area contributed by atoms with Crippen LogP contribution in [-0.2, 0) is 9.53 Å². The molecule has 1 aliphatic rings. The van der Waals surface area contributed by atoms with E-state index < -0.39 is 0 Å². The molecule has 0 aromatic carbocycles. The SMILES string of the molecule is CC(C)=C=CC1C(C(=O)OC(C)C)C1(C)C. The van der Waals surface area contributed by atoms with Crippen molar-refractivity contribution < 1.29 is 9.53 Å². The van der Waals surface area contributed by atoms with Gasteiger partial charge in [0.1, 0.15) is 0 Å². The summed E-state index contributed by atoms with van der Waals surface area (Å²) in [6.45, 7) is 12.0. The van der Waals surface area contributed by atoms with Gasteiger partial charge in [-0.15, -0.1) is 5.73 Å². The van der Waals surface area contributed by atoms with Gasteiger partial charge in [0.05, 0.1) is 12.0 Å². The number of rotatable bonds is 3. The third-order valence-electron chi connectivity index (χ3n) is 3.07. The molecule has 0 amide bonds. The third-order valence-corrected chi connectivity index (χ3v) is 3.07. The molecule has 2 nitrogen and oxygen atoms in total. The van der Waals surface area contributed by atoms with Crippen molar-refractivity contribution in [1.29, 1.82) is 0 Å². The van der Waals surface area contributed by atoms with Crippen molar-refractivity contribution in [3.05, 3.63) is 17.4 Å². The fraction of sp³-hybridized carbons (Fsp3) is 0.714. The lowest BCUT2D eigenvalue weighted by atomic mass is 10.1. The van der Waals surface area contributed by atoms with Gasteiger partial charge in [-0.3, -0.25) is 4.79 Å². The summed E-state index contributed by atoms with van der Waals surface area (Å²) >= 11 is 0. The van der Waals surface area contributed by atoms with E-state index in [0.717, 1.165) is 5.57 Å². The summed E-state index contributed by atoms with van der Waals surface area (Å²) in [5.74, 6) is 0.201. The Morgan fingerprint density at radius 2 is 1.94 bits per heavy atom. The molecule has 1 rings (SSSR count). The Bertz CT molecular complexity index is 340. The number of hydrogen-bond acceptors (Lipinski definition) is 2. The van der Waals surface area contributed by atoms with Crippen LogP contribution in [0.4, 0.5) is 0 Å². The van der Waals surface area contributed by atoms with Crippen LogP contribution in [-0.4, -0.2) is 12.1 Å². The monoisotopic (exact) mass is 222 g/mol. The third kappa shape index (κ3) is 2.76. The molecule has 2 heteroatoms. The van der Waals surface area contributed by atoms with E-state index in [9.17, 15) is 4.79 Å². The molecule has 1 aliphatic carbocycles. The molecule has 2 unspecified atom stereocenters. The summed E-state index contributed by atoms with van der Waals surface area (Å²) in [5.41, 5.74) is 4.35. The van der Waals surface area contributed by atoms with Crippen LogP contribution in [0.15, 0.2) is 17.4 Å². The summed E-state index contributed by atoms with van der Waals surface area (Å²) in [7, 11) is 0. The molecule has 2 atom stereocenters. The van der Waals surface area contributed by atoms with Crippen LogP contribution in [0.3, 0.4) is 0 Å². The molecule has 0 spiro atoms. The minimum absolute atomic E-state index is 0.00162. The molecule has 0 aromatic rings. The lowest BCUT2D eigenvalue weighted by Crippen LogP contribution is -2.15. The van der Waals surface area contributed by atoms with E-state index in [2.05, 4.69) is 19.6 Å². The number of ether oxygens (including phenoxy) is 1. The second-order valence-electron chi connectivity index (χ2n) is 5.62. The van der Waals surface area contributed by atoms with Crippen LogP contribution < -0.4 is 0 Å². The zero-order chi connectivity index (χ0) is 12.5. The van der Waals surface area contributed by atoms with Gasteiger partial charge >= 0.3 is 5.97 Å². The van der Waals surface area contributed by atoms with Crippen molar-refractivity contribution in [1.82, 2.24) is 0 Å². The van der Waals surface area contributed by atoms with E-state index in [1.165, 1.54) is 0 Å². The molecule has 0 N–H and O–H groups in total. The Morgan fingerprint density at radius 1 is 1.38 bits per heavy atom. The van der Waals surface area contributed by atoms with Crippen LogP contribution in [0.5, 0.6) is 0 Å². The maximum atomic E-state index is 11.8. The van der Waals surface area contributed by atoms with E-state index in [4.69, 9.17) is 4.74 Å². The van der Waals surface area contributed by atoms with Crippen molar-refractivity contribution >= 4 is 5.97 Å². The van der Waals surface area contributed by atoms with Crippen LogP contribution in [0.2, 0.25) is 0 Å². The van der Waals surface area contributed by atoms with Gasteiger partial charge in [0.2, 0.25) is 0 Å². The molecule has 0 heterocycles. The maximum absolute atomic E-state index is 11.8. The second-order valence-corrected chi connectivity index (χ2v) is 5.62. The average Bonchev–Trinajstić information content (AvgIpc) is 2.63. The average molecular weight is 222 g/mol. The summed E-state index contributed by atoms with van der Waals surface area (Å²) in [6, 6.07) is 0. The number of hydrogen-bond donors (Lipinski definition) is 0. The molecule has 1 saturated carbocycles. The molecule has 0 bridgehead atoms. The molecule has 90 valence electrons. The zero-order valence-corrected chi connectivity index (χ0v) is 11.1. The Morgan fingerprint density at radius 3 is 2.38 bits per heavy atom. The lowest BCUT2D eigenvalue weighted by Gasteiger charge is -2.08. The van der Waals surface area contributed by atoms with Gasteiger partial charge in [-0.05, 0) is 44.8 Å². The first-order valence-electron chi connectivity index (χ1n) is 5.87. The Balaban J connectivity index is 2.71. The van der Waals surface area contributed by atoms with Crippen molar-refractivity contribution in [3.8, 4) is 0 Å². The number of carbonyl (C=O) groups is 1. The van der Waals surface area contributed by atoms with E-state index in [1.54, 1.807) is 0 Å². The van der Waals surface area contributed by atoms with Gasteiger partial charge in [-0.25, -0.2) is 0 Å². The fourth-order valence-corrected chi connectivity index (χ4v) is 2.00. The molecular weight excluding hydrogens is 200 g/mol. The molecule has 16 heavy (non-hydrogen) atoms. The van der Waals surface area contributed by atoms with Crippen LogP contribution >= 0.6 is 0 Å². The summed E-state index contributed by atoms with van der Waals surface area (Å²) in [4.78, 5) is 11.8. The molecule has 0 aliphatic heterocycles. The molecule has 0 saturated heterocycles. The normalized spacial score (nSPS) is 25.9. The quantitative estimate of drug-likeness (QED) is 0.541. The number of carbonyl (C=O) groups excluding carboxylic acids is 1. The van der Waals surface area contributed by atoms with Crippen LogP contribution in [0.25, 0.3) is 0 Å². The summed E-state index contributed by atoms with van der Waals surface area (Å²) in [6.07, 6.45) is 1.98.